The largest absolute Gasteiger partial charge is 0.457 e. The number of carbonyl (C=O) groups excluding carboxylic acids is 4. The average molecular weight is 436 g/mol. The summed E-state index contributed by atoms with van der Waals surface area (Å²) in [5.41, 5.74) is 1.60. The smallest absolute Gasteiger partial charge is 0.306 e. The molecule has 1 saturated heterocycles. The monoisotopic (exact) mass is 435 g/mol. The first-order valence-electron chi connectivity index (χ1n) is 11.7. The number of likely N-dealkylation sites (tertiary alicyclic amines) is 1. The summed E-state index contributed by atoms with van der Waals surface area (Å²) in [7, 11) is 0. The summed E-state index contributed by atoms with van der Waals surface area (Å²) in [6, 6.07) is 7.16. The van der Waals surface area contributed by atoms with Crippen LogP contribution in [0, 0.1) is 42.4 Å². The predicted molar refractivity (Wildman–Crippen MR) is 116 cm³/mol. The Bertz CT molecular complexity index is 944. The highest BCUT2D eigenvalue weighted by Gasteiger charge is 2.66. The zero-order chi connectivity index (χ0) is 22.4. The van der Waals surface area contributed by atoms with Gasteiger partial charge in [0.25, 0.3) is 0 Å². The summed E-state index contributed by atoms with van der Waals surface area (Å²) in [4.78, 5) is 51.3. The molecule has 5 aliphatic rings. The van der Waals surface area contributed by atoms with Crippen molar-refractivity contribution < 1.29 is 23.9 Å². The van der Waals surface area contributed by atoms with E-state index < -0.39 is 5.97 Å². The first-order chi connectivity index (χ1) is 15.5. The lowest BCUT2D eigenvalue weighted by Gasteiger charge is -2.37. The molecule has 0 spiro atoms. The first-order valence-corrected chi connectivity index (χ1v) is 11.7. The quantitative estimate of drug-likeness (QED) is 0.195. The Balaban J connectivity index is 1.02. The Morgan fingerprint density at radius 3 is 2.19 bits per heavy atom. The number of Topliss-reactive ketones (excluding diaryl/α,β-unsaturated/α-hetero) is 1. The van der Waals surface area contributed by atoms with E-state index in [9.17, 15) is 19.2 Å². The van der Waals surface area contributed by atoms with Gasteiger partial charge in [0.2, 0.25) is 11.8 Å². The van der Waals surface area contributed by atoms with Gasteiger partial charge in [-0.15, -0.1) is 0 Å². The van der Waals surface area contributed by atoms with Crippen LogP contribution in [0.3, 0.4) is 0 Å². The van der Waals surface area contributed by atoms with E-state index in [2.05, 4.69) is 12.2 Å². The standard InChI is InChI=1S/C26H29NO5/c1-15-6-8-16(9-7-15)21(28)14-32-22(29)5-3-2-4-12-27-25(30)23-17-10-11-18(20-13-19(17)20)24(23)26(27)31/h6-11,17-20,23-24H,2-5,12-14H2,1H3. The van der Waals surface area contributed by atoms with E-state index in [1.807, 2.05) is 19.1 Å². The third kappa shape index (κ3) is 3.70. The van der Waals surface area contributed by atoms with Crippen molar-refractivity contribution in [1.29, 1.82) is 0 Å². The molecule has 1 aliphatic heterocycles. The molecule has 0 radical (unpaired) electrons. The zero-order valence-corrected chi connectivity index (χ0v) is 18.4. The number of carbonyl (C=O) groups is 4. The summed E-state index contributed by atoms with van der Waals surface area (Å²) in [5.74, 6) is 0.891. The highest BCUT2D eigenvalue weighted by molar-refractivity contribution is 6.06. The molecule has 0 N–H and O–H groups in total. The summed E-state index contributed by atoms with van der Waals surface area (Å²) in [6.07, 6.45) is 7.78. The second-order valence-electron chi connectivity index (χ2n) is 9.74. The van der Waals surface area contributed by atoms with Crippen LogP contribution in [0.15, 0.2) is 36.4 Å². The number of ketones is 1. The van der Waals surface area contributed by atoms with E-state index in [1.54, 1.807) is 12.1 Å². The number of hydrogen-bond acceptors (Lipinski definition) is 5. The minimum absolute atomic E-state index is 0.0127. The average Bonchev–Trinajstić information content (AvgIpc) is 3.57. The van der Waals surface area contributed by atoms with Crippen LogP contribution >= 0.6 is 0 Å². The number of amides is 2. The third-order valence-corrected chi connectivity index (χ3v) is 7.75. The fourth-order valence-corrected chi connectivity index (χ4v) is 6.00. The van der Waals surface area contributed by atoms with E-state index in [4.69, 9.17) is 4.74 Å². The molecule has 32 heavy (non-hydrogen) atoms. The molecule has 2 saturated carbocycles. The molecule has 168 valence electrons. The van der Waals surface area contributed by atoms with E-state index in [-0.39, 0.29) is 54.3 Å². The van der Waals surface area contributed by atoms with Gasteiger partial charge in [0.1, 0.15) is 0 Å². The lowest BCUT2D eigenvalue weighted by atomic mass is 9.63. The van der Waals surface area contributed by atoms with Gasteiger partial charge in [-0.3, -0.25) is 24.1 Å². The number of rotatable bonds is 9. The van der Waals surface area contributed by atoms with Crippen LogP contribution in [-0.2, 0) is 19.1 Å². The van der Waals surface area contributed by atoms with Crippen molar-refractivity contribution in [2.75, 3.05) is 13.2 Å². The molecule has 1 aromatic carbocycles. The van der Waals surface area contributed by atoms with Crippen molar-refractivity contribution in [3.63, 3.8) is 0 Å². The number of aryl methyl sites for hydroxylation is 1. The van der Waals surface area contributed by atoms with Gasteiger partial charge in [0.05, 0.1) is 11.8 Å². The molecule has 2 bridgehead atoms. The minimum atomic E-state index is -0.397. The lowest BCUT2D eigenvalue weighted by Crippen LogP contribution is -2.40. The maximum absolute atomic E-state index is 12.9. The van der Waals surface area contributed by atoms with Gasteiger partial charge in [0, 0.05) is 18.5 Å². The Labute approximate surface area is 188 Å². The molecule has 4 aliphatic carbocycles. The van der Waals surface area contributed by atoms with E-state index >= 15 is 0 Å². The van der Waals surface area contributed by atoms with Crippen molar-refractivity contribution in [3.05, 3.63) is 47.5 Å². The van der Waals surface area contributed by atoms with Gasteiger partial charge in [-0.05, 0) is 49.9 Å². The van der Waals surface area contributed by atoms with Gasteiger partial charge in [-0.25, -0.2) is 0 Å². The first kappa shape index (κ1) is 21.1. The Kier molecular flexibility index (Phi) is 5.48. The number of nitrogens with zero attached hydrogens (tertiary/aromatic N) is 1. The number of ether oxygens (including phenoxy) is 1. The lowest BCUT2D eigenvalue weighted by molar-refractivity contribution is -0.143. The molecule has 6 rings (SSSR count). The normalized spacial score (nSPS) is 31.5. The molecule has 2 amide bonds. The van der Waals surface area contributed by atoms with Gasteiger partial charge >= 0.3 is 5.97 Å². The fraction of sp³-hybridized carbons (Fsp3) is 0.538. The van der Waals surface area contributed by atoms with Crippen LogP contribution in [0.5, 0.6) is 0 Å². The second-order valence-corrected chi connectivity index (χ2v) is 9.74. The predicted octanol–water partition coefficient (Wildman–Crippen LogP) is 3.33. The Morgan fingerprint density at radius 2 is 1.56 bits per heavy atom. The Hall–Kier alpha value is -2.76. The number of hydrogen-bond donors (Lipinski definition) is 0. The number of imide groups is 1. The molecule has 1 heterocycles. The Morgan fingerprint density at radius 1 is 0.938 bits per heavy atom. The number of allylic oxidation sites excluding steroid dienone is 2. The maximum atomic E-state index is 12.9. The van der Waals surface area contributed by atoms with Gasteiger partial charge in [-0.2, -0.15) is 0 Å². The second kappa shape index (κ2) is 8.30. The molecule has 6 atom stereocenters. The van der Waals surface area contributed by atoms with Crippen LogP contribution in [0.4, 0.5) is 0 Å². The molecular weight excluding hydrogens is 406 g/mol. The zero-order valence-electron chi connectivity index (χ0n) is 18.4. The van der Waals surface area contributed by atoms with Crippen LogP contribution < -0.4 is 0 Å². The van der Waals surface area contributed by atoms with Crippen molar-refractivity contribution in [2.24, 2.45) is 35.5 Å². The molecule has 6 heteroatoms. The molecule has 3 fully saturated rings. The van der Waals surface area contributed by atoms with Crippen molar-refractivity contribution in [1.82, 2.24) is 4.90 Å². The molecule has 1 aromatic rings. The van der Waals surface area contributed by atoms with Crippen molar-refractivity contribution in [3.8, 4) is 0 Å². The van der Waals surface area contributed by atoms with Crippen LogP contribution in [0.1, 0.15) is 48.0 Å². The van der Waals surface area contributed by atoms with Crippen molar-refractivity contribution >= 4 is 23.6 Å². The molecule has 0 aromatic heterocycles. The van der Waals surface area contributed by atoms with Gasteiger partial charge in [0.15, 0.2) is 12.4 Å². The molecule has 6 unspecified atom stereocenters. The molecule has 6 nitrogen and oxygen atoms in total. The van der Waals surface area contributed by atoms with Gasteiger partial charge < -0.3 is 4.74 Å². The topological polar surface area (TPSA) is 80.8 Å². The summed E-state index contributed by atoms with van der Waals surface area (Å²) >= 11 is 0. The maximum Gasteiger partial charge on any atom is 0.306 e. The minimum Gasteiger partial charge on any atom is -0.457 e. The van der Waals surface area contributed by atoms with E-state index in [0.29, 0.717) is 36.8 Å². The fourth-order valence-electron chi connectivity index (χ4n) is 6.00. The number of benzene rings is 1. The van der Waals surface area contributed by atoms with Crippen molar-refractivity contribution in [2.45, 2.75) is 39.0 Å². The third-order valence-electron chi connectivity index (χ3n) is 7.75. The number of unbranched alkanes of at least 4 members (excludes halogenated alkanes) is 2. The van der Waals surface area contributed by atoms with Crippen LogP contribution in [0.25, 0.3) is 0 Å². The molecular formula is C26H29NO5. The highest BCUT2D eigenvalue weighted by atomic mass is 16.5. The van der Waals surface area contributed by atoms with E-state index in [0.717, 1.165) is 12.0 Å². The van der Waals surface area contributed by atoms with Crippen LogP contribution in [-0.4, -0.2) is 41.6 Å². The number of esters is 1. The highest BCUT2D eigenvalue weighted by Crippen LogP contribution is 2.65. The summed E-state index contributed by atoms with van der Waals surface area (Å²) in [5, 5.41) is 0. The van der Waals surface area contributed by atoms with Gasteiger partial charge in [-0.1, -0.05) is 48.4 Å². The summed E-state index contributed by atoms with van der Waals surface area (Å²) < 4.78 is 5.10. The summed E-state index contributed by atoms with van der Waals surface area (Å²) in [6.45, 7) is 2.13. The van der Waals surface area contributed by atoms with E-state index in [1.165, 1.54) is 11.3 Å². The van der Waals surface area contributed by atoms with Crippen LogP contribution in [0.2, 0.25) is 0 Å². The SMILES string of the molecule is Cc1ccc(C(=O)COC(=O)CCCCCN2C(=O)C3C4C=CC(C5CC45)C3C2=O)cc1.